The highest BCUT2D eigenvalue weighted by Crippen LogP contribution is 2.25. The Morgan fingerprint density at radius 1 is 1.24 bits per heavy atom. The number of rotatable bonds is 1. The topological polar surface area (TPSA) is 65.7 Å². The van der Waals surface area contributed by atoms with Crippen molar-refractivity contribution in [3.8, 4) is 0 Å². The molecule has 1 saturated heterocycles. The molecule has 2 rings (SSSR count). The lowest BCUT2D eigenvalue weighted by Crippen LogP contribution is -2.41. The molecule has 17 heavy (non-hydrogen) atoms. The molecule has 1 aromatic rings. The van der Waals surface area contributed by atoms with Crippen molar-refractivity contribution in [2.75, 3.05) is 0 Å². The number of halogens is 1. The first-order valence-corrected chi connectivity index (χ1v) is 5.59. The van der Waals surface area contributed by atoms with E-state index in [1.165, 1.54) is 26.2 Å². The molecule has 0 aliphatic carbocycles. The highest BCUT2D eigenvalue weighted by atomic mass is 79.9. The zero-order valence-electron chi connectivity index (χ0n) is 9.15. The maximum absolute atomic E-state index is 11.6. The van der Waals surface area contributed by atoms with Crippen LogP contribution in [0.25, 0.3) is 6.08 Å². The number of cyclic esters (lactones) is 2. The maximum atomic E-state index is 11.6. The molecular weight excluding hydrogens is 292 g/mol. The summed E-state index contributed by atoms with van der Waals surface area (Å²) in [5.74, 6) is -2.31. The molecule has 0 amide bonds. The van der Waals surface area contributed by atoms with E-state index in [1.54, 1.807) is 6.07 Å². The molecule has 5 nitrogen and oxygen atoms in total. The Hall–Kier alpha value is -1.56. The molecule has 1 fully saturated rings. The number of hydrogen-bond acceptors (Lipinski definition) is 5. The van der Waals surface area contributed by atoms with Gasteiger partial charge in [-0.25, -0.2) is 9.59 Å². The summed E-state index contributed by atoms with van der Waals surface area (Å²) < 4.78 is 15.7. The highest BCUT2D eigenvalue weighted by Gasteiger charge is 2.39. The quantitative estimate of drug-likeness (QED) is 0.452. The van der Waals surface area contributed by atoms with Crippen LogP contribution >= 0.6 is 15.9 Å². The highest BCUT2D eigenvalue weighted by molar-refractivity contribution is 9.10. The molecule has 0 bridgehead atoms. The minimum atomic E-state index is -1.23. The summed E-state index contributed by atoms with van der Waals surface area (Å²) in [5, 5.41) is 0. The fourth-order valence-electron chi connectivity index (χ4n) is 1.32. The van der Waals surface area contributed by atoms with Gasteiger partial charge in [0.25, 0.3) is 5.79 Å². The van der Waals surface area contributed by atoms with Gasteiger partial charge in [-0.05, 0) is 22.0 Å². The van der Waals surface area contributed by atoms with Crippen LogP contribution in [0.5, 0.6) is 0 Å². The second-order valence-corrected chi connectivity index (χ2v) is 4.82. The summed E-state index contributed by atoms with van der Waals surface area (Å²) in [6.45, 7) is 2.98. The van der Waals surface area contributed by atoms with Crippen LogP contribution in [-0.4, -0.2) is 17.7 Å². The fraction of sp³-hybridized carbons (Fsp3) is 0.273. The van der Waals surface area contributed by atoms with Crippen molar-refractivity contribution in [3.05, 3.63) is 28.1 Å². The van der Waals surface area contributed by atoms with E-state index in [9.17, 15) is 9.59 Å². The zero-order chi connectivity index (χ0) is 12.6. The molecule has 90 valence electrons. The molecule has 0 radical (unpaired) electrons. The van der Waals surface area contributed by atoms with E-state index in [2.05, 4.69) is 15.9 Å². The van der Waals surface area contributed by atoms with Crippen LogP contribution < -0.4 is 0 Å². The Morgan fingerprint density at radius 2 is 1.82 bits per heavy atom. The van der Waals surface area contributed by atoms with Crippen molar-refractivity contribution in [3.63, 3.8) is 0 Å². The molecule has 2 heterocycles. The second kappa shape index (κ2) is 4.03. The predicted octanol–water partition coefficient (Wildman–Crippen LogP) is 2.26. The number of esters is 2. The number of hydrogen-bond donors (Lipinski definition) is 0. The zero-order valence-corrected chi connectivity index (χ0v) is 10.7. The summed E-state index contributed by atoms with van der Waals surface area (Å²) in [6, 6.07) is 1.62. The van der Waals surface area contributed by atoms with Gasteiger partial charge in [-0.15, -0.1) is 0 Å². The average molecular weight is 301 g/mol. The van der Waals surface area contributed by atoms with E-state index < -0.39 is 17.7 Å². The van der Waals surface area contributed by atoms with Gasteiger partial charge < -0.3 is 13.9 Å². The van der Waals surface area contributed by atoms with Gasteiger partial charge in [-0.1, -0.05) is 0 Å². The van der Waals surface area contributed by atoms with Gasteiger partial charge in [-0.2, -0.15) is 0 Å². The van der Waals surface area contributed by atoms with Gasteiger partial charge in [-0.3, -0.25) is 0 Å². The number of furan rings is 1. The van der Waals surface area contributed by atoms with E-state index in [0.29, 0.717) is 10.2 Å². The largest absolute Gasteiger partial charge is 0.464 e. The van der Waals surface area contributed by atoms with Crippen LogP contribution in [0.15, 0.2) is 26.8 Å². The van der Waals surface area contributed by atoms with E-state index in [1.807, 2.05) is 0 Å². The molecule has 1 aliphatic rings. The maximum Gasteiger partial charge on any atom is 0.348 e. The van der Waals surface area contributed by atoms with Gasteiger partial charge >= 0.3 is 11.9 Å². The second-order valence-electron chi connectivity index (χ2n) is 3.90. The van der Waals surface area contributed by atoms with Crippen molar-refractivity contribution in [1.29, 1.82) is 0 Å². The Bertz CT molecular complexity index is 490. The van der Waals surface area contributed by atoms with E-state index in [-0.39, 0.29) is 5.57 Å². The SMILES string of the molecule is CC1(C)OC(=O)C(=Cc2cc(Br)co2)C(=O)O1. The summed E-state index contributed by atoms with van der Waals surface area (Å²) in [4.78, 5) is 23.2. The van der Waals surface area contributed by atoms with Gasteiger partial charge in [0, 0.05) is 19.9 Å². The Labute approximate surface area is 106 Å². The van der Waals surface area contributed by atoms with Crippen LogP contribution in [0.2, 0.25) is 0 Å². The fourth-order valence-corrected chi connectivity index (χ4v) is 1.64. The monoisotopic (exact) mass is 300 g/mol. The van der Waals surface area contributed by atoms with Crippen molar-refractivity contribution in [2.45, 2.75) is 19.6 Å². The summed E-state index contributed by atoms with van der Waals surface area (Å²) >= 11 is 3.19. The summed E-state index contributed by atoms with van der Waals surface area (Å²) in [6.07, 6.45) is 2.72. The molecule has 1 aliphatic heterocycles. The first kappa shape index (κ1) is 11.9. The lowest BCUT2D eigenvalue weighted by Gasteiger charge is -2.29. The van der Waals surface area contributed by atoms with Crippen LogP contribution in [0.4, 0.5) is 0 Å². The molecule has 0 saturated carbocycles. The van der Waals surface area contributed by atoms with Gasteiger partial charge in [0.2, 0.25) is 0 Å². The molecule has 0 spiro atoms. The molecule has 0 aromatic carbocycles. The number of carbonyl (C=O) groups excluding carboxylic acids is 2. The van der Waals surface area contributed by atoms with Crippen LogP contribution in [0.3, 0.4) is 0 Å². The summed E-state index contributed by atoms with van der Waals surface area (Å²) in [5.41, 5.74) is -0.189. The van der Waals surface area contributed by atoms with E-state index in [0.717, 1.165) is 0 Å². The minimum absolute atomic E-state index is 0.189. The van der Waals surface area contributed by atoms with E-state index in [4.69, 9.17) is 13.9 Å². The van der Waals surface area contributed by atoms with Crippen molar-refractivity contribution in [1.82, 2.24) is 0 Å². The third-order valence-electron chi connectivity index (χ3n) is 1.99. The lowest BCUT2D eigenvalue weighted by atomic mass is 10.2. The van der Waals surface area contributed by atoms with Crippen molar-refractivity contribution in [2.24, 2.45) is 0 Å². The molecular formula is C11H9BrO5. The van der Waals surface area contributed by atoms with E-state index >= 15 is 0 Å². The van der Waals surface area contributed by atoms with Crippen LogP contribution in [0, 0.1) is 0 Å². The Kier molecular flexibility index (Phi) is 2.82. The number of ether oxygens (including phenoxy) is 2. The molecule has 0 atom stereocenters. The Morgan fingerprint density at radius 3 is 2.29 bits per heavy atom. The minimum Gasteiger partial charge on any atom is -0.464 e. The molecule has 1 aromatic heterocycles. The van der Waals surface area contributed by atoms with Crippen molar-refractivity contribution >= 4 is 33.9 Å². The molecule has 0 unspecified atom stereocenters. The first-order chi connectivity index (χ1) is 7.87. The van der Waals surface area contributed by atoms with Crippen LogP contribution in [-0.2, 0) is 19.1 Å². The average Bonchev–Trinajstić information content (AvgIpc) is 2.56. The smallest absolute Gasteiger partial charge is 0.348 e. The molecule has 6 heteroatoms. The predicted molar refractivity (Wildman–Crippen MR) is 60.6 cm³/mol. The first-order valence-electron chi connectivity index (χ1n) is 4.80. The third-order valence-corrected chi connectivity index (χ3v) is 2.41. The van der Waals surface area contributed by atoms with Gasteiger partial charge in [0.1, 0.15) is 17.6 Å². The lowest BCUT2D eigenvalue weighted by molar-refractivity contribution is -0.222. The molecule has 0 N–H and O–H groups in total. The standard InChI is InChI=1S/C11H9BrO5/c1-11(2)16-9(13)8(10(14)17-11)4-7-3-6(12)5-15-7/h3-5H,1-2H3. The van der Waals surface area contributed by atoms with Crippen molar-refractivity contribution < 1.29 is 23.5 Å². The van der Waals surface area contributed by atoms with Gasteiger partial charge in [0.15, 0.2) is 0 Å². The normalized spacial score (nSPS) is 18.6. The Balaban J connectivity index is 2.30. The summed E-state index contributed by atoms with van der Waals surface area (Å²) in [7, 11) is 0. The van der Waals surface area contributed by atoms with Gasteiger partial charge in [0.05, 0.1) is 4.47 Å². The third kappa shape index (κ3) is 2.58. The number of carbonyl (C=O) groups is 2. The van der Waals surface area contributed by atoms with Crippen LogP contribution in [0.1, 0.15) is 19.6 Å².